The Bertz CT molecular complexity index is 852. The summed E-state index contributed by atoms with van der Waals surface area (Å²) in [6.07, 6.45) is 13.4. The highest BCUT2D eigenvalue weighted by Gasteiger charge is 2.69. The average molecular weight is 479 g/mol. The summed E-state index contributed by atoms with van der Waals surface area (Å²) >= 11 is 7.56. The molecule has 3 unspecified atom stereocenters. The zero-order valence-corrected chi connectivity index (χ0v) is 22.2. The second kappa shape index (κ2) is 7.98. The van der Waals surface area contributed by atoms with E-state index in [0.29, 0.717) is 17.8 Å². The van der Waals surface area contributed by atoms with Gasteiger partial charge in [0.15, 0.2) is 0 Å². The Morgan fingerprint density at radius 1 is 1.03 bits per heavy atom. The van der Waals surface area contributed by atoms with E-state index in [0.717, 1.165) is 69.0 Å². The molecule has 1 aromatic heterocycles. The summed E-state index contributed by atoms with van der Waals surface area (Å²) in [5.41, 5.74) is 0.665. The Labute approximate surface area is 205 Å². The first-order valence-corrected chi connectivity index (χ1v) is 13.7. The lowest BCUT2D eigenvalue weighted by molar-refractivity contribution is -0.870. The van der Waals surface area contributed by atoms with Gasteiger partial charge in [-0.1, -0.05) is 13.8 Å². The van der Waals surface area contributed by atoms with E-state index >= 15 is 0 Å². The van der Waals surface area contributed by atoms with Crippen LogP contribution in [0.1, 0.15) is 83.1 Å². The number of halogens is 1. The first-order chi connectivity index (χ1) is 15.4. The smallest absolute Gasteiger partial charge is 0.102 e. The fourth-order valence-electron chi connectivity index (χ4n) is 8.78. The first-order valence-electron chi connectivity index (χ1n) is 13.3. The van der Waals surface area contributed by atoms with E-state index in [1.807, 2.05) is 6.26 Å². The van der Waals surface area contributed by atoms with Crippen molar-refractivity contribution in [3.8, 4) is 0 Å². The fourth-order valence-corrected chi connectivity index (χ4v) is 9.29. The predicted octanol–water partition coefficient (Wildman–Crippen LogP) is 5.97. The van der Waals surface area contributed by atoms with Gasteiger partial charge in [0.2, 0.25) is 0 Å². The number of alkyl halides is 1. The predicted molar refractivity (Wildman–Crippen MR) is 132 cm³/mol. The summed E-state index contributed by atoms with van der Waals surface area (Å²) in [6.45, 7) is 6.64. The molecule has 0 saturated heterocycles. The van der Waals surface area contributed by atoms with Gasteiger partial charge >= 0.3 is 0 Å². The maximum absolute atomic E-state index is 12.4. The summed E-state index contributed by atoms with van der Waals surface area (Å²) in [7, 11) is 6.65. The molecule has 0 spiro atoms. The third kappa shape index (κ3) is 3.65. The van der Waals surface area contributed by atoms with Gasteiger partial charge in [-0.05, 0) is 92.6 Å². The van der Waals surface area contributed by atoms with Crippen molar-refractivity contribution in [1.29, 1.82) is 0 Å². The van der Waals surface area contributed by atoms with E-state index in [9.17, 15) is 5.11 Å². The second-order valence-electron chi connectivity index (χ2n) is 13.4. The summed E-state index contributed by atoms with van der Waals surface area (Å²) in [5, 5.41) is 12.4. The number of furan rings is 1. The molecule has 0 aliphatic heterocycles. The van der Waals surface area contributed by atoms with Crippen LogP contribution in [-0.2, 0) is 4.74 Å². The van der Waals surface area contributed by atoms with Crippen LogP contribution < -0.4 is 0 Å². The van der Waals surface area contributed by atoms with Crippen LogP contribution in [0.4, 0.5) is 0 Å². The zero-order chi connectivity index (χ0) is 23.7. The monoisotopic (exact) mass is 478 g/mol. The quantitative estimate of drug-likeness (QED) is 0.418. The van der Waals surface area contributed by atoms with Gasteiger partial charge in [-0.3, -0.25) is 0 Å². The number of likely N-dealkylation sites (N-methyl/N-ethyl adjacent to an activating group) is 1. The van der Waals surface area contributed by atoms with Gasteiger partial charge in [0, 0.05) is 5.41 Å². The van der Waals surface area contributed by atoms with Crippen LogP contribution >= 0.6 is 11.6 Å². The van der Waals surface area contributed by atoms with Gasteiger partial charge in [-0.25, -0.2) is 0 Å². The van der Waals surface area contributed by atoms with E-state index in [1.165, 1.54) is 12.0 Å². The Kier molecular flexibility index (Phi) is 5.84. The Morgan fingerprint density at radius 3 is 2.45 bits per heavy atom. The Balaban J connectivity index is 1.34. The van der Waals surface area contributed by atoms with Crippen LogP contribution in [-0.4, -0.2) is 60.5 Å². The molecule has 33 heavy (non-hydrogen) atoms. The topological polar surface area (TPSA) is 42.6 Å². The Hall–Kier alpha value is -0.550. The molecule has 186 valence electrons. The SMILES string of the molecule is C[C@]12CCC(OCC[N+](C)(C)C)CC1(Cl)CC[C@@H]1[C@H]2CC[C@]2(C)C(c3ccoc3)CC[C@@]12O. The molecule has 1 N–H and O–H groups in total. The highest BCUT2D eigenvalue weighted by molar-refractivity contribution is 6.24. The molecule has 4 saturated carbocycles. The fraction of sp³-hybridized carbons (Fsp3) is 0.857. The largest absolute Gasteiger partial charge is 0.472 e. The molecule has 4 nitrogen and oxygen atoms in total. The minimum atomic E-state index is -0.600. The second-order valence-corrected chi connectivity index (χ2v) is 14.1. The number of aliphatic hydroxyl groups is 1. The summed E-state index contributed by atoms with van der Waals surface area (Å²) < 4.78 is 12.7. The van der Waals surface area contributed by atoms with Crippen molar-refractivity contribution in [2.24, 2.45) is 22.7 Å². The minimum absolute atomic E-state index is 0.0716. The summed E-state index contributed by atoms with van der Waals surface area (Å²) in [6, 6.07) is 2.11. The Morgan fingerprint density at radius 2 is 1.76 bits per heavy atom. The van der Waals surface area contributed by atoms with Crippen molar-refractivity contribution in [2.45, 2.75) is 94.1 Å². The number of hydrogen-bond donors (Lipinski definition) is 1. The maximum Gasteiger partial charge on any atom is 0.102 e. The van der Waals surface area contributed by atoms with E-state index in [2.05, 4.69) is 41.1 Å². The molecule has 4 aliphatic rings. The lowest BCUT2D eigenvalue weighted by Crippen LogP contribution is -2.65. The van der Waals surface area contributed by atoms with E-state index in [-0.39, 0.29) is 21.8 Å². The lowest BCUT2D eigenvalue weighted by Gasteiger charge is -2.66. The average Bonchev–Trinajstić information content (AvgIpc) is 3.34. The molecular formula is C28H45ClNO3+. The number of ether oxygens (including phenoxy) is 1. The van der Waals surface area contributed by atoms with Crippen molar-refractivity contribution in [2.75, 3.05) is 34.3 Å². The molecule has 4 fully saturated rings. The van der Waals surface area contributed by atoms with Crippen molar-refractivity contribution in [3.63, 3.8) is 0 Å². The zero-order valence-electron chi connectivity index (χ0n) is 21.4. The third-order valence-electron chi connectivity index (χ3n) is 10.9. The molecule has 1 heterocycles. The van der Waals surface area contributed by atoms with E-state index in [1.54, 1.807) is 6.26 Å². The van der Waals surface area contributed by atoms with Crippen LogP contribution in [0.3, 0.4) is 0 Å². The molecule has 5 rings (SSSR count). The lowest BCUT2D eigenvalue weighted by atomic mass is 9.43. The van der Waals surface area contributed by atoms with Crippen LogP contribution in [0.5, 0.6) is 0 Å². The highest BCUT2D eigenvalue weighted by atomic mass is 35.5. The molecular weight excluding hydrogens is 434 g/mol. The number of nitrogens with zero attached hydrogens (tertiary/aromatic N) is 1. The van der Waals surface area contributed by atoms with E-state index in [4.69, 9.17) is 20.8 Å². The van der Waals surface area contributed by atoms with Crippen molar-refractivity contribution in [3.05, 3.63) is 24.2 Å². The molecule has 0 radical (unpaired) electrons. The number of rotatable bonds is 5. The number of fused-ring (bicyclic) bond motifs is 5. The standard InChI is InChI=1S/C28H45ClNO3/c1-25-11-6-21(33-17-15-30(3,4)5)18-27(25,29)13-8-24-23(25)7-12-26(2)22(9-14-28(24,26)31)20-10-16-32-19-20/h10,16,19,21-24,31H,6-9,11-15,17-18H2,1-5H3/q+1/t21?,22?,23-,24-,25-,26-,27?,28-/m1/s1. The minimum Gasteiger partial charge on any atom is -0.472 e. The molecule has 8 atom stereocenters. The number of hydrogen-bond acceptors (Lipinski definition) is 3. The summed E-state index contributed by atoms with van der Waals surface area (Å²) in [4.78, 5) is -0.208. The van der Waals surface area contributed by atoms with E-state index < -0.39 is 5.60 Å². The molecule has 0 aromatic carbocycles. The van der Waals surface area contributed by atoms with Gasteiger partial charge in [0.05, 0.1) is 56.9 Å². The number of quaternary nitrogens is 1. The van der Waals surface area contributed by atoms with Crippen molar-refractivity contribution >= 4 is 11.6 Å². The molecule has 0 amide bonds. The van der Waals surface area contributed by atoms with Gasteiger partial charge in [0.1, 0.15) is 6.54 Å². The van der Waals surface area contributed by atoms with Gasteiger partial charge < -0.3 is 18.7 Å². The highest BCUT2D eigenvalue weighted by Crippen LogP contribution is 2.72. The molecule has 0 bridgehead atoms. The summed E-state index contributed by atoms with van der Waals surface area (Å²) in [5.74, 6) is 1.24. The van der Waals surface area contributed by atoms with Gasteiger partial charge in [-0.15, -0.1) is 11.6 Å². The third-order valence-corrected chi connectivity index (χ3v) is 11.7. The van der Waals surface area contributed by atoms with Crippen LogP contribution in [0.25, 0.3) is 0 Å². The molecule has 4 aliphatic carbocycles. The van der Waals surface area contributed by atoms with Crippen LogP contribution in [0.2, 0.25) is 0 Å². The normalized spacial score (nSPS) is 47.6. The first kappa shape index (κ1) is 24.2. The maximum atomic E-state index is 12.4. The van der Waals surface area contributed by atoms with Crippen molar-refractivity contribution in [1.82, 2.24) is 0 Å². The van der Waals surface area contributed by atoms with Crippen LogP contribution in [0, 0.1) is 22.7 Å². The molecule has 5 heteroatoms. The van der Waals surface area contributed by atoms with Gasteiger partial charge in [0.25, 0.3) is 0 Å². The van der Waals surface area contributed by atoms with Crippen molar-refractivity contribution < 1.29 is 18.7 Å². The van der Waals surface area contributed by atoms with Gasteiger partial charge in [-0.2, -0.15) is 0 Å². The molecule has 1 aromatic rings. The van der Waals surface area contributed by atoms with Crippen LogP contribution in [0.15, 0.2) is 23.0 Å².